The highest BCUT2D eigenvalue weighted by Gasteiger charge is 2.30. The molecule has 1 heterocycles. The van der Waals surface area contributed by atoms with E-state index in [0.29, 0.717) is 27.3 Å². The summed E-state index contributed by atoms with van der Waals surface area (Å²) in [5.41, 5.74) is 2.36. The molecule has 0 aliphatic heterocycles. The molecule has 2 aromatic rings. The number of fused-ring (bicyclic) bond motifs is 1. The Labute approximate surface area is 180 Å². The van der Waals surface area contributed by atoms with Crippen molar-refractivity contribution in [3.63, 3.8) is 0 Å². The molecule has 1 aromatic heterocycles. The number of nitrogens with one attached hydrogen (secondary N) is 1. The van der Waals surface area contributed by atoms with Crippen LogP contribution in [0.25, 0.3) is 0 Å². The third-order valence-corrected chi connectivity index (χ3v) is 6.79. The third-order valence-electron chi connectivity index (χ3n) is 5.38. The van der Waals surface area contributed by atoms with Gasteiger partial charge in [-0.15, -0.1) is 11.3 Å². The lowest BCUT2D eigenvalue weighted by molar-refractivity contribution is -0.122. The Kier molecular flexibility index (Phi) is 6.85. The number of amides is 1. The molecule has 0 saturated carbocycles. The van der Waals surface area contributed by atoms with Gasteiger partial charge < -0.3 is 14.8 Å². The fourth-order valence-electron chi connectivity index (χ4n) is 3.61. The number of anilines is 1. The van der Waals surface area contributed by atoms with Crippen molar-refractivity contribution < 1.29 is 19.1 Å². The minimum absolute atomic E-state index is 0.310. The molecule has 29 heavy (non-hydrogen) atoms. The summed E-state index contributed by atoms with van der Waals surface area (Å²) in [6, 6.07) is 5.26. The Bertz CT molecular complexity index is 924. The van der Waals surface area contributed by atoms with Gasteiger partial charge in [-0.3, -0.25) is 4.79 Å². The highest BCUT2D eigenvalue weighted by atomic mass is 35.5. The Hall–Kier alpha value is -2.05. The van der Waals surface area contributed by atoms with E-state index in [4.69, 9.17) is 21.1 Å². The van der Waals surface area contributed by atoms with Crippen LogP contribution >= 0.6 is 22.9 Å². The first-order valence-corrected chi connectivity index (χ1v) is 11.0. The second kappa shape index (κ2) is 9.18. The summed E-state index contributed by atoms with van der Waals surface area (Å²) in [6.45, 7) is 5.74. The lowest BCUT2D eigenvalue weighted by Crippen LogP contribution is -2.30. The van der Waals surface area contributed by atoms with Gasteiger partial charge in [0.25, 0.3) is 5.91 Å². The van der Waals surface area contributed by atoms with Gasteiger partial charge >= 0.3 is 5.97 Å². The molecule has 0 radical (unpaired) electrons. The average molecular weight is 436 g/mol. The van der Waals surface area contributed by atoms with E-state index in [1.165, 1.54) is 23.3 Å². The zero-order chi connectivity index (χ0) is 21.1. The lowest BCUT2D eigenvalue weighted by Gasteiger charge is -2.20. The normalized spacial score (nSPS) is 16.7. The van der Waals surface area contributed by atoms with Crippen LogP contribution < -0.4 is 10.1 Å². The highest BCUT2D eigenvalue weighted by molar-refractivity contribution is 7.17. The van der Waals surface area contributed by atoms with Gasteiger partial charge in [0, 0.05) is 9.90 Å². The fourth-order valence-corrected chi connectivity index (χ4v) is 5.19. The summed E-state index contributed by atoms with van der Waals surface area (Å²) < 4.78 is 10.8. The molecule has 5 nitrogen and oxygen atoms in total. The maximum absolute atomic E-state index is 12.8. The van der Waals surface area contributed by atoms with E-state index >= 15 is 0 Å². The van der Waals surface area contributed by atoms with E-state index < -0.39 is 12.1 Å². The molecule has 1 aliphatic rings. The lowest BCUT2D eigenvalue weighted by atomic mass is 9.85. The number of ether oxygens (including phenoxy) is 2. The van der Waals surface area contributed by atoms with Crippen LogP contribution in [-0.4, -0.2) is 25.1 Å². The second-order valence-corrected chi connectivity index (χ2v) is 8.92. The van der Waals surface area contributed by atoms with Gasteiger partial charge in [-0.25, -0.2) is 4.79 Å². The number of carbonyl (C=O) groups is 2. The number of thiophene rings is 1. The van der Waals surface area contributed by atoms with E-state index in [1.54, 1.807) is 25.1 Å². The molecule has 3 rings (SSSR count). The Morgan fingerprint density at radius 1 is 1.38 bits per heavy atom. The maximum Gasteiger partial charge on any atom is 0.341 e. The predicted octanol–water partition coefficient (Wildman–Crippen LogP) is 5.42. The molecule has 1 amide bonds. The zero-order valence-electron chi connectivity index (χ0n) is 17.1. The quantitative estimate of drug-likeness (QED) is 0.615. The summed E-state index contributed by atoms with van der Waals surface area (Å²) in [4.78, 5) is 26.4. The monoisotopic (exact) mass is 435 g/mol. The van der Waals surface area contributed by atoms with Crippen LogP contribution in [0.2, 0.25) is 5.02 Å². The molecule has 0 bridgehead atoms. The molecule has 156 valence electrons. The molecular formula is C22H26ClNO4S. The second-order valence-electron chi connectivity index (χ2n) is 7.38. The van der Waals surface area contributed by atoms with Crippen molar-refractivity contribution in [1.82, 2.24) is 0 Å². The van der Waals surface area contributed by atoms with Gasteiger partial charge in [0.15, 0.2) is 6.10 Å². The van der Waals surface area contributed by atoms with Crippen molar-refractivity contribution in [2.75, 3.05) is 12.4 Å². The standard InChI is InChI=1S/C22H26ClNO4S/c1-5-14-6-8-16-18(11-14)29-21(19(16)22(26)27-4)24-20(25)13(3)28-17-9-7-15(23)10-12(17)2/h7,9-10,13-14H,5-6,8,11H2,1-4H3,(H,24,25). The topological polar surface area (TPSA) is 64.6 Å². The Morgan fingerprint density at radius 3 is 2.79 bits per heavy atom. The van der Waals surface area contributed by atoms with Crippen molar-refractivity contribution in [3.05, 3.63) is 44.8 Å². The average Bonchev–Trinajstić information content (AvgIpc) is 3.06. The summed E-state index contributed by atoms with van der Waals surface area (Å²) in [5, 5.41) is 4.06. The number of benzene rings is 1. The van der Waals surface area contributed by atoms with Crippen molar-refractivity contribution >= 4 is 39.8 Å². The van der Waals surface area contributed by atoms with Crippen LogP contribution in [0.1, 0.15) is 53.1 Å². The van der Waals surface area contributed by atoms with Gasteiger partial charge in [-0.2, -0.15) is 0 Å². The van der Waals surface area contributed by atoms with Gasteiger partial charge in [0.05, 0.1) is 12.7 Å². The van der Waals surface area contributed by atoms with Crippen LogP contribution in [0.15, 0.2) is 18.2 Å². The number of hydrogen-bond acceptors (Lipinski definition) is 5. The molecular weight excluding hydrogens is 410 g/mol. The van der Waals surface area contributed by atoms with Crippen molar-refractivity contribution in [3.8, 4) is 5.75 Å². The van der Waals surface area contributed by atoms with E-state index in [9.17, 15) is 9.59 Å². The van der Waals surface area contributed by atoms with Crippen LogP contribution in [0.3, 0.4) is 0 Å². The summed E-state index contributed by atoms with van der Waals surface area (Å²) in [5.74, 6) is 0.497. The predicted molar refractivity (Wildman–Crippen MR) is 116 cm³/mol. The molecule has 0 spiro atoms. The minimum atomic E-state index is -0.733. The van der Waals surface area contributed by atoms with Crippen LogP contribution in [0, 0.1) is 12.8 Å². The fraction of sp³-hybridized carbons (Fsp3) is 0.455. The van der Waals surface area contributed by atoms with E-state index in [2.05, 4.69) is 12.2 Å². The number of methoxy groups -OCH3 is 1. The first-order valence-electron chi connectivity index (χ1n) is 9.80. The minimum Gasteiger partial charge on any atom is -0.481 e. The van der Waals surface area contributed by atoms with Crippen LogP contribution in [-0.2, 0) is 22.4 Å². The van der Waals surface area contributed by atoms with Crippen molar-refractivity contribution in [2.45, 2.75) is 52.6 Å². The van der Waals surface area contributed by atoms with E-state index in [1.807, 2.05) is 6.92 Å². The molecule has 1 aliphatic carbocycles. The van der Waals surface area contributed by atoms with Crippen LogP contribution in [0.5, 0.6) is 5.75 Å². The largest absolute Gasteiger partial charge is 0.481 e. The van der Waals surface area contributed by atoms with E-state index in [-0.39, 0.29) is 5.91 Å². The Morgan fingerprint density at radius 2 is 2.14 bits per heavy atom. The maximum atomic E-state index is 12.8. The number of esters is 1. The van der Waals surface area contributed by atoms with Crippen LogP contribution in [0.4, 0.5) is 5.00 Å². The number of halogens is 1. The first kappa shape index (κ1) is 21.7. The molecule has 0 saturated heterocycles. The summed E-state index contributed by atoms with van der Waals surface area (Å²) in [7, 11) is 1.37. The highest BCUT2D eigenvalue weighted by Crippen LogP contribution is 2.40. The molecule has 1 N–H and O–H groups in total. The SMILES string of the molecule is CCC1CCc2c(sc(NC(=O)C(C)Oc3ccc(Cl)cc3C)c2C(=O)OC)C1. The molecule has 0 fully saturated rings. The zero-order valence-corrected chi connectivity index (χ0v) is 18.7. The molecule has 2 unspecified atom stereocenters. The number of carbonyl (C=O) groups excluding carboxylic acids is 2. The summed E-state index contributed by atoms with van der Waals surface area (Å²) >= 11 is 7.45. The van der Waals surface area contributed by atoms with Gasteiger partial charge in [-0.1, -0.05) is 24.9 Å². The van der Waals surface area contributed by atoms with Gasteiger partial charge in [-0.05, 0) is 68.4 Å². The molecule has 1 aromatic carbocycles. The smallest absolute Gasteiger partial charge is 0.341 e. The number of rotatable bonds is 6. The number of aryl methyl sites for hydroxylation is 1. The third kappa shape index (κ3) is 4.75. The first-order chi connectivity index (χ1) is 13.8. The number of hydrogen-bond donors (Lipinski definition) is 1. The van der Waals surface area contributed by atoms with Crippen molar-refractivity contribution in [1.29, 1.82) is 0 Å². The van der Waals surface area contributed by atoms with Gasteiger partial charge in [0.1, 0.15) is 10.8 Å². The Balaban J connectivity index is 1.80. The molecule has 2 atom stereocenters. The molecule has 7 heteroatoms. The van der Waals surface area contributed by atoms with Crippen molar-refractivity contribution in [2.24, 2.45) is 5.92 Å². The van der Waals surface area contributed by atoms with Gasteiger partial charge in [0.2, 0.25) is 0 Å². The summed E-state index contributed by atoms with van der Waals surface area (Å²) in [6.07, 6.45) is 3.20. The van der Waals surface area contributed by atoms with E-state index in [0.717, 1.165) is 36.8 Å².